The molecule has 3 heteroatoms. The Morgan fingerprint density at radius 3 is 2.89 bits per heavy atom. The van der Waals surface area contributed by atoms with Crippen molar-refractivity contribution in [2.45, 2.75) is 44.7 Å². The number of piperidine rings is 1. The van der Waals surface area contributed by atoms with Gasteiger partial charge in [0.1, 0.15) is 0 Å². The molecule has 1 amide bonds. The minimum Gasteiger partial charge on any atom is -0.348 e. The Balaban J connectivity index is 1.68. The number of carbonyl (C=O) groups is 1. The monoisotopic (exact) mass is 258 g/mol. The Kier molecular flexibility index (Phi) is 3.56. The van der Waals surface area contributed by atoms with Crippen LogP contribution in [0.4, 0.5) is 0 Å². The zero-order chi connectivity index (χ0) is 13.2. The van der Waals surface area contributed by atoms with Crippen molar-refractivity contribution in [2.75, 3.05) is 13.1 Å². The minimum atomic E-state index is 0.0931. The maximum Gasteiger partial charge on any atom is 0.251 e. The molecule has 1 aromatic carbocycles. The zero-order valence-electron chi connectivity index (χ0n) is 11.6. The second kappa shape index (κ2) is 5.33. The lowest BCUT2D eigenvalue weighted by atomic mass is 9.98. The summed E-state index contributed by atoms with van der Waals surface area (Å²) in [6.07, 6.45) is 4.95. The van der Waals surface area contributed by atoms with Gasteiger partial charge in [0, 0.05) is 24.2 Å². The fraction of sp³-hybridized carbons (Fsp3) is 0.562. The van der Waals surface area contributed by atoms with Crippen molar-refractivity contribution < 1.29 is 4.79 Å². The summed E-state index contributed by atoms with van der Waals surface area (Å²) in [5, 5.41) is 3.25. The number of hydrogen-bond donors (Lipinski definition) is 1. The van der Waals surface area contributed by atoms with Gasteiger partial charge in [0.05, 0.1) is 0 Å². The molecule has 0 spiro atoms. The highest BCUT2D eigenvalue weighted by Crippen LogP contribution is 2.27. The predicted molar refractivity (Wildman–Crippen MR) is 76.3 cm³/mol. The van der Waals surface area contributed by atoms with Gasteiger partial charge >= 0.3 is 0 Å². The van der Waals surface area contributed by atoms with E-state index < -0.39 is 0 Å². The fourth-order valence-electron chi connectivity index (χ4n) is 3.49. The Hall–Kier alpha value is -1.35. The summed E-state index contributed by atoms with van der Waals surface area (Å²) in [5.41, 5.74) is 1.87. The molecule has 2 aliphatic heterocycles. The normalized spacial score (nSPS) is 27.0. The van der Waals surface area contributed by atoms with Gasteiger partial charge < -0.3 is 5.32 Å². The van der Waals surface area contributed by atoms with Gasteiger partial charge in [0.25, 0.3) is 5.91 Å². The number of fused-ring (bicyclic) bond motifs is 1. The Morgan fingerprint density at radius 2 is 2.05 bits per heavy atom. The van der Waals surface area contributed by atoms with Crippen molar-refractivity contribution in [1.82, 2.24) is 10.2 Å². The van der Waals surface area contributed by atoms with E-state index in [0.717, 1.165) is 24.1 Å². The van der Waals surface area contributed by atoms with Crippen molar-refractivity contribution >= 4 is 5.91 Å². The number of aryl methyl sites for hydroxylation is 1. The van der Waals surface area contributed by atoms with Crippen molar-refractivity contribution in [2.24, 2.45) is 0 Å². The van der Waals surface area contributed by atoms with Crippen molar-refractivity contribution in [3.8, 4) is 0 Å². The summed E-state index contributed by atoms with van der Waals surface area (Å²) < 4.78 is 0. The molecular weight excluding hydrogens is 236 g/mol. The number of amides is 1. The average Bonchev–Trinajstić information content (AvgIpc) is 2.83. The number of rotatable bonds is 2. The third-order valence-corrected chi connectivity index (χ3v) is 4.56. The van der Waals surface area contributed by atoms with E-state index in [2.05, 4.69) is 10.2 Å². The van der Waals surface area contributed by atoms with Gasteiger partial charge in [-0.25, -0.2) is 0 Å². The van der Waals surface area contributed by atoms with E-state index in [-0.39, 0.29) is 5.91 Å². The quantitative estimate of drug-likeness (QED) is 0.883. The second-order valence-corrected chi connectivity index (χ2v) is 5.78. The summed E-state index contributed by atoms with van der Waals surface area (Å²) in [6, 6.07) is 8.73. The van der Waals surface area contributed by atoms with Gasteiger partial charge in [-0.15, -0.1) is 0 Å². The molecule has 2 saturated heterocycles. The molecule has 2 fully saturated rings. The van der Waals surface area contributed by atoms with Crippen LogP contribution in [0.1, 0.15) is 41.6 Å². The van der Waals surface area contributed by atoms with E-state index in [1.54, 1.807) is 0 Å². The van der Waals surface area contributed by atoms with E-state index in [9.17, 15) is 4.79 Å². The largest absolute Gasteiger partial charge is 0.348 e. The van der Waals surface area contributed by atoms with Crippen LogP contribution in [0.25, 0.3) is 0 Å². The smallest absolute Gasteiger partial charge is 0.251 e. The first kappa shape index (κ1) is 12.7. The minimum absolute atomic E-state index is 0.0931. The standard InChI is InChI=1S/C16H22N2O/c1-12-6-2-3-7-13(12)16(19)17-14-9-11-18-10-5-4-8-15(14)18/h2-3,6-7,14-15H,4-5,8-11H2,1H3,(H,17,19)/t14-,15-/m1/s1. The molecule has 1 aromatic rings. The van der Waals surface area contributed by atoms with Crippen LogP contribution in [0.15, 0.2) is 24.3 Å². The van der Waals surface area contributed by atoms with Gasteiger partial charge in [-0.1, -0.05) is 24.6 Å². The molecule has 0 aliphatic carbocycles. The molecule has 2 atom stereocenters. The average molecular weight is 258 g/mol. The second-order valence-electron chi connectivity index (χ2n) is 5.78. The first-order chi connectivity index (χ1) is 9.25. The van der Waals surface area contributed by atoms with Crippen LogP contribution in [-0.2, 0) is 0 Å². The molecule has 0 unspecified atom stereocenters. The first-order valence-corrected chi connectivity index (χ1v) is 7.36. The lowest BCUT2D eigenvalue weighted by Gasteiger charge is -2.32. The lowest BCUT2D eigenvalue weighted by molar-refractivity contribution is 0.0914. The summed E-state index contributed by atoms with van der Waals surface area (Å²) in [7, 11) is 0. The summed E-state index contributed by atoms with van der Waals surface area (Å²) in [6.45, 7) is 4.35. The molecule has 2 aliphatic rings. The molecule has 1 N–H and O–H groups in total. The zero-order valence-corrected chi connectivity index (χ0v) is 11.6. The van der Waals surface area contributed by atoms with Gasteiger partial charge in [-0.2, -0.15) is 0 Å². The highest BCUT2D eigenvalue weighted by molar-refractivity contribution is 5.95. The number of nitrogens with zero attached hydrogens (tertiary/aromatic N) is 1. The van der Waals surface area contributed by atoms with E-state index in [4.69, 9.17) is 0 Å². The van der Waals surface area contributed by atoms with E-state index in [0.29, 0.717) is 12.1 Å². The van der Waals surface area contributed by atoms with E-state index >= 15 is 0 Å². The SMILES string of the molecule is Cc1ccccc1C(=O)N[C@@H]1CCN2CCCC[C@H]12. The van der Waals surface area contributed by atoms with Gasteiger partial charge in [-0.05, 0) is 44.4 Å². The van der Waals surface area contributed by atoms with Crippen LogP contribution < -0.4 is 5.32 Å². The number of hydrogen-bond acceptors (Lipinski definition) is 2. The molecule has 0 saturated carbocycles. The third-order valence-electron chi connectivity index (χ3n) is 4.56. The first-order valence-electron chi connectivity index (χ1n) is 7.36. The molecule has 19 heavy (non-hydrogen) atoms. The van der Waals surface area contributed by atoms with Crippen LogP contribution in [0.2, 0.25) is 0 Å². The fourth-order valence-corrected chi connectivity index (χ4v) is 3.49. The Bertz CT molecular complexity index is 472. The highest BCUT2D eigenvalue weighted by atomic mass is 16.1. The summed E-state index contributed by atoms with van der Waals surface area (Å²) in [4.78, 5) is 14.9. The summed E-state index contributed by atoms with van der Waals surface area (Å²) in [5.74, 6) is 0.0931. The molecule has 102 valence electrons. The van der Waals surface area contributed by atoms with Crippen LogP contribution in [0, 0.1) is 6.92 Å². The summed E-state index contributed by atoms with van der Waals surface area (Å²) >= 11 is 0. The maximum atomic E-state index is 12.4. The van der Waals surface area contributed by atoms with Crippen LogP contribution in [0.3, 0.4) is 0 Å². The van der Waals surface area contributed by atoms with Crippen molar-refractivity contribution in [3.63, 3.8) is 0 Å². The Labute approximate surface area is 115 Å². The predicted octanol–water partition coefficient (Wildman–Crippen LogP) is 2.35. The van der Waals surface area contributed by atoms with Crippen molar-refractivity contribution in [1.29, 1.82) is 0 Å². The molecule has 0 aromatic heterocycles. The molecular formula is C16H22N2O. The van der Waals surface area contributed by atoms with Gasteiger partial charge in [0.2, 0.25) is 0 Å². The van der Waals surface area contributed by atoms with Crippen LogP contribution >= 0.6 is 0 Å². The third kappa shape index (κ3) is 2.52. The van der Waals surface area contributed by atoms with E-state index in [1.165, 1.54) is 25.8 Å². The molecule has 0 radical (unpaired) electrons. The molecule has 2 heterocycles. The molecule has 3 rings (SSSR count). The van der Waals surface area contributed by atoms with Gasteiger partial charge in [-0.3, -0.25) is 9.69 Å². The van der Waals surface area contributed by atoms with Crippen LogP contribution in [0.5, 0.6) is 0 Å². The molecule has 0 bridgehead atoms. The van der Waals surface area contributed by atoms with Crippen molar-refractivity contribution in [3.05, 3.63) is 35.4 Å². The maximum absolute atomic E-state index is 12.4. The van der Waals surface area contributed by atoms with E-state index in [1.807, 2.05) is 31.2 Å². The van der Waals surface area contributed by atoms with Crippen LogP contribution in [-0.4, -0.2) is 36.0 Å². The van der Waals surface area contributed by atoms with Gasteiger partial charge in [0.15, 0.2) is 0 Å². The molecule has 3 nitrogen and oxygen atoms in total. The number of nitrogens with one attached hydrogen (secondary N) is 1. The Morgan fingerprint density at radius 1 is 1.21 bits per heavy atom. The number of carbonyl (C=O) groups excluding carboxylic acids is 1. The lowest BCUT2D eigenvalue weighted by Crippen LogP contribution is -2.46. The number of benzene rings is 1. The topological polar surface area (TPSA) is 32.3 Å². The highest BCUT2D eigenvalue weighted by Gasteiger charge is 2.36.